The van der Waals surface area contributed by atoms with Crippen LogP contribution in [0, 0.1) is 0 Å². The van der Waals surface area contributed by atoms with Gasteiger partial charge < -0.3 is 4.90 Å². The summed E-state index contributed by atoms with van der Waals surface area (Å²) in [5.41, 5.74) is 1.09. The molecule has 0 aliphatic carbocycles. The summed E-state index contributed by atoms with van der Waals surface area (Å²) in [6.45, 7) is 0.340. The van der Waals surface area contributed by atoms with Crippen LogP contribution in [-0.4, -0.2) is 42.2 Å². The van der Waals surface area contributed by atoms with E-state index in [-0.39, 0.29) is 18.1 Å². The summed E-state index contributed by atoms with van der Waals surface area (Å²) in [7, 11) is 1.68. The minimum atomic E-state index is -0.323. The topological polar surface area (TPSA) is 88.3 Å². The smallest absolute Gasteiger partial charge is 0.340 e. The summed E-state index contributed by atoms with van der Waals surface area (Å²) >= 11 is 0. The number of rotatable bonds is 4. The summed E-state index contributed by atoms with van der Waals surface area (Å²) in [5.74, 6) is -0.193. The second-order valence-corrected chi connectivity index (χ2v) is 4.73. The minimum absolute atomic E-state index is 0.0884. The van der Waals surface area contributed by atoms with Crippen LogP contribution >= 0.6 is 0 Å². The summed E-state index contributed by atoms with van der Waals surface area (Å²) in [6, 6.07) is 5.25. The highest BCUT2D eigenvalue weighted by Crippen LogP contribution is 2.01. The SMILES string of the molecule is CN(Cc1cn[nH]c1)C(=O)Cn1nc2ccccn2c1=O. The predicted molar refractivity (Wildman–Crippen MR) is 74.5 cm³/mol. The van der Waals surface area contributed by atoms with Crippen molar-refractivity contribution in [2.45, 2.75) is 13.1 Å². The summed E-state index contributed by atoms with van der Waals surface area (Å²) in [6.07, 6.45) is 5.00. The molecule has 0 unspecified atom stereocenters. The van der Waals surface area contributed by atoms with Crippen molar-refractivity contribution in [3.8, 4) is 0 Å². The van der Waals surface area contributed by atoms with E-state index in [4.69, 9.17) is 0 Å². The Bertz CT molecular complexity index is 817. The maximum absolute atomic E-state index is 12.2. The van der Waals surface area contributed by atoms with Crippen LogP contribution in [0.1, 0.15) is 5.56 Å². The molecule has 0 saturated heterocycles. The number of H-pyrrole nitrogens is 1. The highest BCUT2D eigenvalue weighted by molar-refractivity contribution is 5.75. The zero-order valence-corrected chi connectivity index (χ0v) is 11.4. The van der Waals surface area contributed by atoms with Gasteiger partial charge in [0.1, 0.15) is 6.54 Å². The van der Waals surface area contributed by atoms with Crippen molar-refractivity contribution in [3.05, 3.63) is 52.8 Å². The number of amides is 1. The van der Waals surface area contributed by atoms with E-state index in [0.29, 0.717) is 12.2 Å². The molecule has 3 aromatic heterocycles. The van der Waals surface area contributed by atoms with Crippen LogP contribution in [0.4, 0.5) is 0 Å². The molecule has 0 bridgehead atoms. The zero-order valence-electron chi connectivity index (χ0n) is 11.4. The van der Waals surface area contributed by atoms with Gasteiger partial charge in [-0.3, -0.25) is 14.3 Å². The molecule has 1 N–H and O–H groups in total. The number of fused-ring (bicyclic) bond motifs is 1. The van der Waals surface area contributed by atoms with Gasteiger partial charge in [0, 0.05) is 31.5 Å². The summed E-state index contributed by atoms with van der Waals surface area (Å²) < 4.78 is 2.58. The first-order valence-corrected chi connectivity index (χ1v) is 6.41. The van der Waals surface area contributed by atoms with Gasteiger partial charge in [-0.1, -0.05) is 6.07 Å². The molecule has 3 rings (SSSR count). The Labute approximate surface area is 119 Å². The Morgan fingerprint density at radius 3 is 3.00 bits per heavy atom. The number of likely N-dealkylation sites (N-methyl/N-ethyl adjacent to an activating group) is 1. The molecule has 1 amide bonds. The van der Waals surface area contributed by atoms with E-state index in [2.05, 4.69) is 15.3 Å². The number of pyridine rings is 1. The molecular formula is C13H14N6O2. The van der Waals surface area contributed by atoms with Gasteiger partial charge in [-0.15, -0.1) is 5.10 Å². The number of nitrogens with one attached hydrogen (secondary N) is 1. The number of aromatic nitrogens is 5. The van der Waals surface area contributed by atoms with Gasteiger partial charge in [-0.05, 0) is 12.1 Å². The molecular weight excluding hydrogens is 272 g/mol. The van der Waals surface area contributed by atoms with Gasteiger partial charge in [0.05, 0.1) is 6.20 Å². The third-order valence-electron chi connectivity index (χ3n) is 3.17. The Balaban J connectivity index is 1.77. The zero-order chi connectivity index (χ0) is 14.8. The molecule has 0 aliphatic rings. The van der Waals surface area contributed by atoms with E-state index in [1.54, 1.807) is 43.8 Å². The fraction of sp³-hybridized carbons (Fsp3) is 0.231. The van der Waals surface area contributed by atoms with E-state index in [1.807, 2.05) is 0 Å². The molecule has 0 spiro atoms. The highest BCUT2D eigenvalue weighted by Gasteiger charge is 2.14. The van der Waals surface area contributed by atoms with Gasteiger partial charge in [-0.25, -0.2) is 9.48 Å². The van der Waals surface area contributed by atoms with Gasteiger partial charge >= 0.3 is 5.69 Å². The number of nitrogens with zero attached hydrogens (tertiary/aromatic N) is 5. The first kappa shape index (κ1) is 13.1. The molecule has 0 radical (unpaired) electrons. The van der Waals surface area contributed by atoms with E-state index in [1.165, 1.54) is 14.0 Å². The molecule has 3 aromatic rings. The lowest BCUT2D eigenvalue weighted by molar-refractivity contribution is -0.131. The molecule has 8 nitrogen and oxygen atoms in total. The lowest BCUT2D eigenvalue weighted by atomic mass is 10.3. The number of carbonyl (C=O) groups excluding carboxylic acids is 1. The Morgan fingerprint density at radius 1 is 1.43 bits per heavy atom. The summed E-state index contributed by atoms with van der Waals surface area (Å²) in [5, 5.41) is 10.7. The lowest BCUT2D eigenvalue weighted by Crippen LogP contribution is -2.33. The van der Waals surface area contributed by atoms with E-state index < -0.39 is 0 Å². The van der Waals surface area contributed by atoms with E-state index in [9.17, 15) is 9.59 Å². The van der Waals surface area contributed by atoms with Gasteiger partial charge in [0.25, 0.3) is 0 Å². The molecule has 8 heteroatoms. The van der Waals surface area contributed by atoms with Crippen LogP contribution < -0.4 is 5.69 Å². The minimum Gasteiger partial charge on any atom is -0.340 e. The van der Waals surface area contributed by atoms with Crippen molar-refractivity contribution in [1.29, 1.82) is 0 Å². The number of carbonyl (C=O) groups is 1. The molecule has 21 heavy (non-hydrogen) atoms. The van der Waals surface area contributed by atoms with Crippen molar-refractivity contribution in [2.75, 3.05) is 7.05 Å². The van der Waals surface area contributed by atoms with Crippen LogP contribution in [0.5, 0.6) is 0 Å². The van der Waals surface area contributed by atoms with Crippen molar-refractivity contribution in [1.82, 2.24) is 29.3 Å². The van der Waals surface area contributed by atoms with Crippen LogP contribution in [0.2, 0.25) is 0 Å². The van der Waals surface area contributed by atoms with Crippen LogP contribution in [-0.2, 0) is 17.9 Å². The second kappa shape index (κ2) is 5.23. The van der Waals surface area contributed by atoms with Crippen molar-refractivity contribution < 1.29 is 4.79 Å². The molecule has 0 saturated carbocycles. The molecule has 108 valence electrons. The largest absolute Gasteiger partial charge is 0.350 e. The van der Waals surface area contributed by atoms with Crippen molar-refractivity contribution in [2.24, 2.45) is 0 Å². The van der Waals surface area contributed by atoms with E-state index >= 15 is 0 Å². The second-order valence-electron chi connectivity index (χ2n) is 4.73. The first-order valence-electron chi connectivity index (χ1n) is 6.41. The quantitative estimate of drug-likeness (QED) is 0.724. The maximum Gasteiger partial charge on any atom is 0.350 e. The van der Waals surface area contributed by atoms with Gasteiger partial charge in [0.2, 0.25) is 5.91 Å². The third-order valence-corrected chi connectivity index (χ3v) is 3.17. The van der Waals surface area contributed by atoms with Gasteiger partial charge in [-0.2, -0.15) is 5.10 Å². The molecule has 0 aromatic carbocycles. The lowest BCUT2D eigenvalue weighted by Gasteiger charge is -2.15. The maximum atomic E-state index is 12.2. The monoisotopic (exact) mass is 286 g/mol. The third kappa shape index (κ3) is 2.55. The molecule has 0 aliphatic heterocycles. The van der Waals surface area contributed by atoms with Crippen LogP contribution in [0.3, 0.4) is 0 Å². The molecule has 3 heterocycles. The Kier molecular flexibility index (Phi) is 3.27. The van der Waals surface area contributed by atoms with Crippen molar-refractivity contribution >= 4 is 11.6 Å². The van der Waals surface area contributed by atoms with Crippen LogP contribution in [0.15, 0.2) is 41.6 Å². The Hall–Kier alpha value is -2.90. The normalized spacial score (nSPS) is 10.9. The first-order chi connectivity index (χ1) is 10.1. The summed E-state index contributed by atoms with van der Waals surface area (Å²) in [4.78, 5) is 25.8. The standard InChI is InChI=1S/C13H14N6O2/c1-17(8-10-6-14-15-7-10)12(20)9-19-13(21)18-5-3-2-4-11(18)16-19/h2-7H,8-9H2,1H3,(H,14,15). The average molecular weight is 286 g/mol. The Morgan fingerprint density at radius 2 is 2.29 bits per heavy atom. The van der Waals surface area contributed by atoms with Gasteiger partial charge in [0.15, 0.2) is 5.65 Å². The molecule has 0 atom stereocenters. The fourth-order valence-electron chi connectivity index (χ4n) is 2.05. The van der Waals surface area contributed by atoms with Crippen LogP contribution in [0.25, 0.3) is 5.65 Å². The van der Waals surface area contributed by atoms with Crippen molar-refractivity contribution in [3.63, 3.8) is 0 Å². The van der Waals surface area contributed by atoms with E-state index in [0.717, 1.165) is 5.56 Å². The number of hydrogen-bond donors (Lipinski definition) is 1. The fourth-order valence-corrected chi connectivity index (χ4v) is 2.05. The highest BCUT2D eigenvalue weighted by atomic mass is 16.2. The molecule has 0 fully saturated rings. The average Bonchev–Trinajstić information content (AvgIpc) is 3.08. The number of hydrogen-bond acceptors (Lipinski definition) is 4. The number of aromatic amines is 1. The predicted octanol–water partition coefficient (Wildman–Crippen LogP) is -0.122.